The van der Waals surface area contributed by atoms with Crippen LogP contribution in [0.25, 0.3) is 0 Å². The number of nitrogens with zero attached hydrogens (tertiary/aromatic N) is 4. The lowest BCUT2D eigenvalue weighted by molar-refractivity contribution is -0.101. The van der Waals surface area contributed by atoms with E-state index in [0.29, 0.717) is 0 Å². The van der Waals surface area contributed by atoms with Crippen molar-refractivity contribution in [3.63, 3.8) is 0 Å². The molecule has 0 aromatic heterocycles. The Labute approximate surface area is 193 Å². The summed E-state index contributed by atoms with van der Waals surface area (Å²) in [6.07, 6.45) is -1.33. The minimum absolute atomic E-state index is 0.00574. The molecule has 3 amide bonds. The number of hydrogen-bond donors (Lipinski definition) is 3. The standard InChI is InChI=1S/C18H23F2N7O5S/c1-30-17(33)23-8-11-9-26(18(29)32-11)10-6-12(19)14(13(20)7-10)25-2-3-27(31-5-4-25)16(28)24-15(21)22/h6-7,11H,2-5,8-9H2,1H3,(H,23,33)(H4,21,22,24,28)/t11-/m0/s1. The van der Waals surface area contributed by atoms with E-state index in [1.165, 1.54) is 12.0 Å². The van der Waals surface area contributed by atoms with Crippen LogP contribution in [0.15, 0.2) is 17.1 Å². The molecular formula is C18H23F2N7O5S. The van der Waals surface area contributed by atoms with Gasteiger partial charge < -0.3 is 31.2 Å². The molecule has 0 aliphatic carbocycles. The highest BCUT2D eigenvalue weighted by Gasteiger charge is 2.34. The third-order valence-corrected chi connectivity index (χ3v) is 5.09. The lowest BCUT2D eigenvalue weighted by Crippen LogP contribution is -2.35. The molecule has 2 aliphatic rings. The molecule has 0 saturated carbocycles. The van der Waals surface area contributed by atoms with Crippen LogP contribution >= 0.6 is 12.2 Å². The number of nitrogens with two attached hydrogens (primary N) is 2. The van der Waals surface area contributed by atoms with Crippen LogP contribution in [-0.4, -0.2) is 80.9 Å². The number of ether oxygens (including phenoxy) is 2. The maximum atomic E-state index is 15.0. The number of carbonyl (C=O) groups is 2. The molecule has 180 valence electrons. The summed E-state index contributed by atoms with van der Waals surface area (Å²) in [5.74, 6) is -2.20. The molecule has 0 radical (unpaired) electrons. The Bertz CT molecular complexity index is 939. The Balaban J connectivity index is 1.70. The van der Waals surface area contributed by atoms with Crippen LogP contribution in [0.5, 0.6) is 0 Å². The van der Waals surface area contributed by atoms with Gasteiger partial charge in [0.25, 0.3) is 5.17 Å². The number of nitrogens with one attached hydrogen (secondary N) is 1. The Hall–Kier alpha value is -3.46. The number of urea groups is 1. The van der Waals surface area contributed by atoms with Crippen molar-refractivity contribution in [2.24, 2.45) is 16.5 Å². The minimum atomic E-state index is -0.885. The van der Waals surface area contributed by atoms with Gasteiger partial charge in [0.2, 0.25) is 0 Å². The monoisotopic (exact) mass is 487 g/mol. The van der Waals surface area contributed by atoms with Crippen LogP contribution in [0, 0.1) is 11.6 Å². The van der Waals surface area contributed by atoms with Crippen molar-refractivity contribution in [3.8, 4) is 0 Å². The second-order valence-electron chi connectivity index (χ2n) is 6.99. The van der Waals surface area contributed by atoms with Crippen LogP contribution in [0.2, 0.25) is 0 Å². The molecular weight excluding hydrogens is 464 g/mol. The van der Waals surface area contributed by atoms with Gasteiger partial charge in [-0.15, -0.1) is 0 Å². The van der Waals surface area contributed by atoms with Crippen molar-refractivity contribution in [2.75, 3.05) is 56.2 Å². The van der Waals surface area contributed by atoms with E-state index in [2.05, 4.69) is 10.3 Å². The molecule has 0 unspecified atom stereocenters. The van der Waals surface area contributed by atoms with E-state index >= 15 is 0 Å². The van der Waals surface area contributed by atoms with Crippen molar-refractivity contribution in [1.29, 1.82) is 0 Å². The number of cyclic esters (lactones) is 1. The van der Waals surface area contributed by atoms with Crippen LogP contribution < -0.4 is 26.6 Å². The number of rotatable bonds is 4. The first-order valence-electron chi connectivity index (χ1n) is 9.77. The van der Waals surface area contributed by atoms with Gasteiger partial charge in [0.15, 0.2) is 17.6 Å². The number of carbonyl (C=O) groups excluding carboxylic acids is 2. The molecule has 1 aromatic rings. The average Bonchev–Trinajstić information content (AvgIpc) is 2.96. The van der Waals surface area contributed by atoms with Crippen molar-refractivity contribution in [1.82, 2.24) is 10.4 Å². The molecule has 1 aromatic carbocycles. The summed E-state index contributed by atoms with van der Waals surface area (Å²) in [5, 5.41) is 3.80. The summed E-state index contributed by atoms with van der Waals surface area (Å²) >= 11 is 4.86. The van der Waals surface area contributed by atoms with E-state index in [1.807, 2.05) is 0 Å². The SMILES string of the molecule is COC(=S)NC[C@H]1CN(c2cc(F)c(N3CCON(C(=O)N=C(N)N)CC3)c(F)c2)C(=O)O1. The third kappa shape index (κ3) is 5.87. The molecule has 0 spiro atoms. The fourth-order valence-corrected chi connectivity index (χ4v) is 3.39. The molecule has 5 N–H and O–H groups in total. The van der Waals surface area contributed by atoms with Crippen LogP contribution in [0.1, 0.15) is 0 Å². The fraction of sp³-hybridized carbons (Fsp3) is 0.444. The minimum Gasteiger partial charge on any atom is -0.474 e. The maximum Gasteiger partial charge on any atom is 0.414 e. The van der Waals surface area contributed by atoms with E-state index in [1.54, 1.807) is 0 Å². The highest BCUT2D eigenvalue weighted by atomic mass is 32.1. The predicted octanol–water partition coefficient (Wildman–Crippen LogP) is 0.258. The lowest BCUT2D eigenvalue weighted by Gasteiger charge is -2.24. The van der Waals surface area contributed by atoms with Crippen LogP contribution in [0.3, 0.4) is 0 Å². The zero-order chi connectivity index (χ0) is 24.1. The first kappa shape index (κ1) is 24.2. The second kappa shape index (κ2) is 10.4. The van der Waals surface area contributed by atoms with E-state index in [-0.39, 0.29) is 55.9 Å². The molecule has 15 heteroatoms. The number of benzene rings is 1. The smallest absolute Gasteiger partial charge is 0.414 e. The molecule has 2 fully saturated rings. The highest BCUT2D eigenvalue weighted by Crippen LogP contribution is 2.31. The third-order valence-electron chi connectivity index (χ3n) is 4.78. The van der Waals surface area contributed by atoms with E-state index < -0.39 is 35.8 Å². The number of halogens is 2. The summed E-state index contributed by atoms with van der Waals surface area (Å²) in [7, 11) is 1.39. The molecule has 2 aliphatic heterocycles. The molecule has 33 heavy (non-hydrogen) atoms. The largest absolute Gasteiger partial charge is 0.474 e. The quantitative estimate of drug-likeness (QED) is 0.307. The first-order valence-corrected chi connectivity index (χ1v) is 10.2. The lowest BCUT2D eigenvalue weighted by atomic mass is 10.2. The number of hydroxylamine groups is 2. The molecule has 2 saturated heterocycles. The number of guanidine groups is 1. The Morgan fingerprint density at radius 3 is 2.64 bits per heavy atom. The van der Waals surface area contributed by atoms with Gasteiger partial charge in [0, 0.05) is 25.2 Å². The van der Waals surface area contributed by atoms with Gasteiger partial charge >= 0.3 is 12.1 Å². The van der Waals surface area contributed by atoms with Gasteiger partial charge in [-0.1, -0.05) is 0 Å². The zero-order valence-electron chi connectivity index (χ0n) is 17.6. The van der Waals surface area contributed by atoms with Crippen molar-refractivity contribution >= 4 is 46.9 Å². The number of methoxy groups -OCH3 is 1. The van der Waals surface area contributed by atoms with E-state index in [0.717, 1.165) is 22.1 Å². The summed E-state index contributed by atoms with van der Waals surface area (Å²) in [6.45, 7) is 0.321. The summed E-state index contributed by atoms with van der Waals surface area (Å²) in [4.78, 5) is 35.3. The Morgan fingerprint density at radius 1 is 1.30 bits per heavy atom. The van der Waals surface area contributed by atoms with Gasteiger partial charge in [-0.2, -0.15) is 10.1 Å². The topological polar surface area (TPSA) is 148 Å². The van der Waals surface area contributed by atoms with Crippen molar-refractivity contribution in [3.05, 3.63) is 23.8 Å². The van der Waals surface area contributed by atoms with Crippen LogP contribution in [0.4, 0.5) is 29.7 Å². The predicted molar refractivity (Wildman–Crippen MR) is 118 cm³/mol. The van der Waals surface area contributed by atoms with Crippen LogP contribution in [-0.2, 0) is 14.3 Å². The van der Waals surface area contributed by atoms with Gasteiger partial charge in [0.1, 0.15) is 11.8 Å². The summed E-state index contributed by atoms with van der Waals surface area (Å²) in [5.41, 5.74) is 10.1. The number of amides is 3. The number of thiocarbonyl (C=S) groups is 1. The summed E-state index contributed by atoms with van der Waals surface area (Å²) in [6, 6.07) is 1.27. The molecule has 0 bridgehead atoms. The number of hydrogen-bond acceptors (Lipinski definition) is 7. The molecule has 3 rings (SSSR count). The van der Waals surface area contributed by atoms with E-state index in [4.69, 9.17) is 38.0 Å². The van der Waals surface area contributed by atoms with E-state index in [9.17, 15) is 18.4 Å². The van der Waals surface area contributed by atoms with Gasteiger partial charge in [-0.05, 0) is 12.2 Å². The normalized spacial score (nSPS) is 18.5. The number of aliphatic imine (C=N–C) groups is 1. The molecule has 12 nitrogen and oxygen atoms in total. The van der Waals surface area contributed by atoms with Crippen molar-refractivity contribution in [2.45, 2.75) is 6.10 Å². The Morgan fingerprint density at radius 2 is 2.00 bits per heavy atom. The second-order valence-corrected chi connectivity index (χ2v) is 7.36. The first-order chi connectivity index (χ1) is 15.7. The number of anilines is 2. The van der Waals surface area contributed by atoms with Gasteiger partial charge in [-0.3, -0.25) is 9.74 Å². The maximum absolute atomic E-state index is 15.0. The zero-order valence-corrected chi connectivity index (χ0v) is 18.4. The highest BCUT2D eigenvalue weighted by molar-refractivity contribution is 7.80. The fourth-order valence-electron chi connectivity index (χ4n) is 3.31. The summed E-state index contributed by atoms with van der Waals surface area (Å²) < 4.78 is 39.9. The van der Waals surface area contributed by atoms with Gasteiger partial charge in [0.05, 0.1) is 39.0 Å². The molecule has 2 heterocycles. The molecule has 1 atom stereocenters. The van der Waals surface area contributed by atoms with Gasteiger partial charge in [-0.25, -0.2) is 18.4 Å². The van der Waals surface area contributed by atoms with Crippen molar-refractivity contribution < 1.29 is 32.7 Å². The Kier molecular flexibility index (Phi) is 7.65. The average molecular weight is 487 g/mol.